The molecule has 4 rings (SSSR count). The van der Waals surface area contributed by atoms with Crippen LogP contribution in [0.25, 0.3) is 11.6 Å². The van der Waals surface area contributed by atoms with E-state index < -0.39 is 0 Å². The van der Waals surface area contributed by atoms with Gasteiger partial charge in [0.05, 0.1) is 5.69 Å². The van der Waals surface area contributed by atoms with Crippen molar-refractivity contribution in [2.45, 2.75) is 19.3 Å². The summed E-state index contributed by atoms with van der Waals surface area (Å²) in [6.45, 7) is 2.11. The molecule has 0 radical (unpaired) electrons. The van der Waals surface area contributed by atoms with Crippen LogP contribution in [0.3, 0.4) is 0 Å². The molecule has 0 saturated carbocycles. The molecule has 108 valence electrons. The molecule has 2 aromatic carbocycles. The largest absolute Gasteiger partial charge is 0.282 e. The van der Waals surface area contributed by atoms with Gasteiger partial charge in [0.25, 0.3) is 0 Å². The highest BCUT2D eigenvalue weighted by atomic mass is 15.1. The lowest BCUT2D eigenvalue weighted by atomic mass is 9.79. The lowest BCUT2D eigenvalue weighted by molar-refractivity contribution is 0.824. The third kappa shape index (κ3) is 2.17. The van der Waals surface area contributed by atoms with E-state index in [1.54, 1.807) is 0 Å². The van der Waals surface area contributed by atoms with Crippen molar-refractivity contribution in [1.29, 1.82) is 0 Å². The lowest BCUT2D eigenvalue weighted by Crippen LogP contribution is -2.08. The van der Waals surface area contributed by atoms with E-state index in [-0.39, 0.29) is 0 Å². The van der Waals surface area contributed by atoms with Gasteiger partial charge in [-0.3, -0.25) is 5.10 Å². The van der Waals surface area contributed by atoms with Crippen LogP contribution in [-0.4, -0.2) is 10.2 Å². The van der Waals surface area contributed by atoms with Crippen molar-refractivity contribution < 1.29 is 0 Å². The fourth-order valence-electron chi connectivity index (χ4n) is 3.38. The average molecular weight is 286 g/mol. The highest BCUT2D eigenvalue weighted by molar-refractivity contribution is 5.84. The smallest absolute Gasteiger partial charge is 0.0892 e. The minimum atomic E-state index is 0.371. The molecule has 0 fully saturated rings. The predicted octanol–water partition coefficient (Wildman–Crippen LogP) is 4.79. The van der Waals surface area contributed by atoms with Crippen molar-refractivity contribution in [2.24, 2.45) is 0 Å². The second kappa shape index (κ2) is 5.30. The van der Waals surface area contributed by atoms with Gasteiger partial charge in [0.2, 0.25) is 0 Å². The second-order valence-corrected chi connectivity index (χ2v) is 5.85. The number of aromatic nitrogens is 2. The Hall–Kier alpha value is -2.61. The van der Waals surface area contributed by atoms with Gasteiger partial charge in [-0.15, -0.1) is 0 Å². The first-order valence-electron chi connectivity index (χ1n) is 7.69. The zero-order valence-corrected chi connectivity index (χ0v) is 12.6. The van der Waals surface area contributed by atoms with Crippen molar-refractivity contribution in [1.82, 2.24) is 10.2 Å². The summed E-state index contributed by atoms with van der Waals surface area (Å²) in [5.41, 5.74) is 7.59. The molecule has 1 aliphatic carbocycles. The average Bonchev–Trinajstić information content (AvgIpc) is 2.97. The van der Waals surface area contributed by atoms with E-state index in [9.17, 15) is 0 Å². The summed E-state index contributed by atoms with van der Waals surface area (Å²) in [5, 5.41) is 7.66. The fraction of sp³-hybridized carbons (Fsp3) is 0.150. The molecule has 0 unspecified atom stereocenters. The van der Waals surface area contributed by atoms with Crippen LogP contribution in [0.1, 0.15) is 40.4 Å². The van der Waals surface area contributed by atoms with Crippen LogP contribution in [-0.2, 0) is 0 Å². The van der Waals surface area contributed by atoms with Gasteiger partial charge in [-0.1, -0.05) is 60.7 Å². The summed E-state index contributed by atoms with van der Waals surface area (Å²) >= 11 is 0. The van der Waals surface area contributed by atoms with Gasteiger partial charge in [-0.05, 0) is 36.1 Å². The highest BCUT2D eigenvalue weighted by Gasteiger charge is 2.27. The number of H-pyrrole nitrogens is 1. The highest BCUT2D eigenvalue weighted by Crippen LogP contribution is 2.42. The van der Waals surface area contributed by atoms with Crippen LogP contribution in [0.2, 0.25) is 0 Å². The third-order valence-corrected chi connectivity index (χ3v) is 4.45. The molecule has 0 bridgehead atoms. The Morgan fingerprint density at radius 3 is 2.36 bits per heavy atom. The standard InChI is InChI=1S/C20H18N2/c1-14-20-18(16-10-6-3-7-11-16)12-17(13-19(20)22-21-14)15-8-4-2-5-9-15/h2-11,13,18H,12H2,1H3,(H,21,22)/t18-/m1/s1. The molecule has 1 aromatic heterocycles. The number of hydrogen-bond acceptors (Lipinski definition) is 1. The topological polar surface area (TPSA) is 28.7 Å². The summed E-state index contributed by atoms with van der Waals surface area (Å²) in [4.78, 5) is 0. The van der Waals surface area contributed by atoms with Crippen molar-refractivity contribution in [3.8, 4) is 0 Å². The predicted molar refractivity (Wildman–Crippen MR) is 90.5 cm³/mol. The van der Waals surface area contributed by atoms with E-state index >= 15 is 0 Å². The number of rotatable bonds is 2. The first-order chi connectivity index (χ1) is 10.8. The minimum absolute atomic E-state index is 0.371. The van der Waals surface area contributed by atoms with Gasteiger partial charge in [0, 0.05) is 17.2 Å². The molecule has 1 N–H and O–H groups in total. The number of benzene rings is 2. The molecule has 1 atom stereocenters. The van der Waals surface area contributed by atoms with Gasteiger partial charge >= 0.3 is 0 Å². The first-order valence-corrected chi connectivity index (χ1v) is 7.69. The van der Waals surface area contributed by atoms with E-state index in [4.69, 9.17) is 0 Å². The van der Waals surface area contributed by atoms with E-state index in [0.29, 0.717) is 5.92 Å². The number of fused-ring (bicyclic) bond motifs is 1. The maximum atomic E-state index is 4.51. The van der Waals surface area contributed by atoms with Gasteiger partial charge in [0.1, 0.15) is 0 Å². The summed E-state index contributed by atoms with van der Waals surface area (Å²) in [5.74, 6) is 0.371. The number of hydrogen-bond donors (Lipinski definition) is 1. The van der Waals surface area contributed by atoms with Crippen LogP contribution in [0.15, 0.2) is 60.7 Å². The Bertz CT molecular complexity index is 813. The Balaban J connectivity index is 1.85. The van der Waals surface area contributed by atoms with E-state index in [2.05, 4.69) is 83.9 Å². The Morgan fingerprint density at radius 2 is 1.64 bits per heavy atom. The monoisotopic (exact) mass is 286 g/mol. The van der Waals surface area contributed by atoms with E-state index in [1.807, 2.05) is 0 Å². The summed E-state index contributed by atoms with van der Waals surface area (Å²) in [6.07, 6.45) is 3.25. The SMILES string of the molecule is Cc1[nH]nc2c1[C@@H](c1ccccc1)CC(c1ccccc1)=C2. The quantitative estimate of drug-likeness (QED) is 0.720. The minimum Gasteiger partial charge on any atom is -0.282 e. The molecule has 22 heavy (non-hydrogen) atoms. The molecular weight excluding hydrogens is 268 g/mol. The van der Waals surface area contributed by atoms with Crippen molar-refractivity contribution in [2.75, 3.05) is 0 Å². The molecular formula is C20H18N2. The molecule has 0 spiro atoms. The van der Waals surface area contributed by atoms with Gasteiger partial charge in [-0.25, -0.2) is 0 Å². The number of allylic oxidation sites excluding steroid dienone is 1. The van der Waals surface area contributed by atoms with Crippen molar-refractivity contribution in [3.05, 3.63) is 88.7 Å². The second-order valence-electron chi connectivity index (χ2n) is 5.85. The van der Waals surface area contributed by atoms with Gasteiger partial charge < -0.3 is 0 Å². The number of aryl methyl sites for hydroxylation is 1. The first kappa shape index (κ1) is 13.1. The fourth-order valence-corrected chi connectivity index (χ4v) is 3.38. The maximum absolute atomic E-state index is 4.51. The van der Waals surface area contributed by atoms with Gasteiger partial charge in [0.15, 0.2) is 0 Å². The molecule has 3 aromatic rings. The maximum Gasteiger partial charge on any atom is 0.0892 e. The number of nitrogens with zero attached hydrogens (tertiary/aromatic N) is 1. The Labute approximate surface area is 130 Å². The summed E-state index contributed by atoms with van der Waals surface area (Å²) < 4.78 is 0. The zero-order valence-electron chi connectivity index (χ0n) is 12.6. The summed E-state index contributed by atoms with van der Waals surface area (Å²) in [6, 6.07) is 21.4. The normalized spacial score (nSPS) is 17.0. The summed E-state index contributed by atoms with van der Waals surface area (Å²) in [7, 11) is 0. The van der Waals surface area contributed by atoms with Crippen molar-refractivity contribution >= 4 is 11.6 Å². The lowest BCUT2D eigenvalue weighted by Gasteiger charge is -2.24. The molecule has 2 nitrogen and oxygen atoms in total. The number of nitrogens with one attached hydrogen (secondary N) is 1. The zero-order chi connectivity index (χ0) is 14.9. The number of aromatic amines is 1. The Kier molecular flexibility index (Phi) is 3.15. The Morgan fingerprint density at radius 1 is 0.955 bits per heavy atom. The molecule has 1 aliphatic rings. The van der Waals surface area contributed by atoms with Crippen LogP contribution in [0, 0.1) is 6.92 Å². The van der Waals surface area contributed by atoms with Crippen molar-refractivity contribution in [3.63, 3.8) is 0 Å². The molecule has 1 heterocycles. The van der Waals surface area contributed by atoms with Crippen LogP contribution >= 0.6 is 0 Å². The molecule has 2 heteroatoms. The van der Waals surface area contributed by atoms with Crippen LogP contribution in [0.4, 0.5) is 0 Å². The molecule has 0 aliphatic heterocycles. The van der Waals surface area contributed by atoms with E-state index in [0.717, 1.165) is 12.1 Å². The molecule has 0 amide bonds. The van der Waals surface area contributed by atoms with E-state index in [1.165, 1.54) is 28.0 Å². The molecule has 0 saturated heterocycles. The van der Waals surface area contributed by atoms with Crippen LogP contribution < -0.4 is 0 Å². The van der Waals surface area contributed by atoms with Crippen LogP contribution in [0.5, 0.6) is 0 Å². The van der Waals surface area contributed by atoms with Gasteiger partial charge in [-0.2, -0.15) is 5.10 Å². The third-order valence-electron chi connectivity index (χ3n) is 4.45.